The minimum Gasteiger partial charge on any atom is -0.434 e. The summed E-state index contributed by atoms with van der Waals surface area (Å²) in [6, 6.07) is 3.74. The first-order chi connectivity index (χ1) is 11.0. The summed E-state index contributed by atoms with van der Waals surface area (Å²) in [5.41, 5.74) is 3.41. The highest BCUT2D eigenvalue weighted by atomic mass is 19.3. The van der Waals surface area contributed by atoms with Gasteiger partial charge in [0.1, 0.15) is 5.75 Å². The van der Waals surface area contributed by atoms with Gasteiger partial charge in [-0.3, -0.25) is 4.90 Å². The molecule has 2 heterocycles. The molecule has 1 N–H and O–H groups in total. The Morgan fingerprint density at radius 1 is 1.17 bits per heavy atom. The van der Waals surface area contributed by atoms with E-state index in [4.69, 9.17) is 4.74 Å². The lowest BCUT2D eigenvalue weighted by molar-refractivity contribution is -0.0508. The summed E-state index contributed by atoms with van der Waals surface area (Å²) < 4.78 is 30.1. The van der Waals surface area contributed by atoms with Gasteiger partial charge in [0.2, 0.25) is 0 Å². The van der Waals surface area contributed by atoms with E-state index >= 15 is 0 Å². The average molecular weight is 324 g/mol. The normalized spacial score (nSPS) is 21.3. The third-order valence-corrected chi connectivity index (χ3v) is 5.47. The summed E-state index contributed by atoms with van der Waals surface area (Å²) in [6.07, 6.45) is 3.65. The molecule has 5 heteroatoms. The van der Waals surface area contributed by atoms with Gasteiger partial charge in [-0.1, -0.05) is 6.07 Å². The second kappa shape index (κ2) is 6.73. The van der Waals surface area contributed by atoms with Crippen molar-refractivity contribution in [1.82, 2.24) is 10.2 Å². The lowest BCUT2D eigenvalue weighted by Gasteiger charge is -2.34. The van der Waals surface area contributed by atoms with E-state index in [2.05, 4.69) is 10.2 Å². The van der Waals surface area contributed by atoms with Gasteiger partial charge in [0.05, 0.1) is 0 Å². The number of rotatable bonds is 4. The Balaban J connectivity index is 1.73. The lowest BCUT2D eigenvalue weighted by atomic mass is 9.78. The average Bonchev–Trinajstić information content (AvgIpc) is 2.87. The van der Waals surface area contributed by atoms with Crippen LogP contribution in [0.1, 0.15) is 36.0 Å². The summed E-state index contributed by atoms with van der Waals surface area (Å²) in [7, 11) is 0. The Hall–Kier alpha value is -1.20. The molecular formula is C18H26F2N2O. The fourth-order valence-electron chi connectivity index (χ4n) is 3.95. The largest absolute Gasteiger partial charge is 0.434 e. The van der Waals surface area contributed by atoms with Crippen molar-refractivity contribution in [3.05, 3.63) is 28.8 Å². The van der Waals surface area contributed by atoms with Gasteiger partial charge in [0.25, 0.3) is 0 Å². The molecule has 0 saturated carbocycles. The number of halogens is 2. The maximum absolute atomic E-state index is 12.7. The maximum Gasteiger partial charge on any atom is 0.387 e. The van der Waals surface area contributed by atoms with Gasteiger partial charge in [-0.25, -0.2) is 0 Å². The summed E-state index contributed by atoms with van der Waals surface area (Å²) in [4.78, 5) is 2.40. The van der Waals surface area contributed by atoms with Crippen LogP contribution in [0, 0.1) is 19.3 Å². The van der Waals surface area contributed by atoms with E-state index in [-0.39, 0.29) is 0 Å². The third kappa shape index (κ3) is 3.83. The van der Waals surface area contributed by atoms with E-state index in [9.17, 15) is 8.78 Å². The van der Waals surface area contributed by atoms with Gasteiger partial charge in [0, 0.05) is 18.7 Å². The van der Waals surface area contributed by atoms with Crippen LogP contribution < -0.4 is 10.1 Å². The molecule has 1 aromatic rings. The second-order valence-electron chi connectivity index (χ2n) is 7.13. The van der Waals surface area contributed by atoms with Gasteiger partial charge >= 0.3 is 6.61 Å². The summed E-state index contributed by atoms with van der Waals surface area (Å²) in [6.45, 7) is 6.16. The number of likely N-dealkylation sites (tertiary alicyclic amines) is 1. The molecule has 2 aliphatic rings. The molecule has 0 aliphatic carbocycles. The molecule has 0 unspecified atom stereocenters. The van der Waals surface area contributed by atoms with Crippen LogP contribution in [-0.2, 0) is 6.54 Å². The van der Waals surface area contributed by atoms with E-state index in [1.165, 1.54) is 19.3 Å². The zero-order chi connectivity index (χ0) is 16.4. The van der Waals surface area contributed by atoms with E-state index < -0.39 is 6.61 Å². The number of piperidine rings is 1. The molecule has 0 aromatic heterocycles. The molecule has 0 bridgehead atoms. The summed E-state index contributed by atoms with van der Waals surface area (Å²) in [5, 5.41) is 3.42. The molecule has 1 aromatic carbocycles. The highest BCUT2D eigenvalue weighted by Gasteiger charge is 2.38. The van der Waals surface area contributed by atoms with Crippen LogP contribution in [0.4, 0.5) is 8.78 Å². The number of benzene rings is 1. The van der Waals surface area contributed by atoms with Gasteiger partial charge in [-0.15, -0.1) is 0 Å². The predicted molar refractivity (Wildman–Crippen MR) is 87.0 cm³/mol. The van der Waals surface area contributed by atoms with Crippen LogP contribution in [0.3, 0.4) is 0 Å². The molecule has 23 heavy (non-hydrogen) atoms. The van der Waals surface area contributed by atoms with Gasteiger partial charge in [0.15, 0.2) is 0 Å². The topological polar surface area (TPSA) is 24.5 Å². The number of ether oxygens (including phenoxy) is 1. The molecule has 2 aliphatic heterocycles. The van der Waals surface area contributed by atoms with Crippen molar-refractivity contribution in [3.63, 3.8) is 0 Å². The fraction of sp³-hybridized carbons (Fsp3) is 0.667. The fourth-order valence-corrected chi connectivity index (χ4v) is 3.95. The Labute approximate surface area is 137 Å². The Morgan fingerprint density at radius 3 is 2.57 bits per heavy atom. The Morgan fingerprint density at radius 2 is 1.87 bits per heavy atom. The van der Waals surface area contributed by atoms with Crippen LogP contribution >= 0.6 is 0 Å². The molecule has 2 fully saturated rings. The summed E-state index contributed by atoms with van der Waals surface area (Å²) >= 11 is 0. The molecule has 3 rings (SSSR count). The van der Waals surface area contributed by atoms with Crippen molar-refractivity contribution in [2.45, 2.75) is 46.3 Å². The molecule has 0 atom stereocenters. The number of aryl methyl sites for hydroxylation is 2. The molecule has 128 valence electrons. The highest BCUT2D eigenvalue weighted by molar-refractivity contribution is 5.42. The van der Waals surface area contributed by atoms with E-state index in [1.807, 2.05) is 19.9 Å². The first-order valence-electron chi connectivity index (χ1n) is 8.45. The highest BCUT2D eigenvalue weighted by Crippen LogP contribution is 2.39. The SMILES string of the molecule is Cc1cc(CN2CCC3(CCNCC3)C2)c(OC(F)F)cc1C. The minimum absolute atomic E-state index is 0.328. The summed E-state index contributed by atoms with van der Waals surface area (Å²) in [5.74, 6) is 0.328. The van der Waals surface area contributed by atoms with Crippen molar-refractivity contribution < 1.29 is 13.5 Å². The first kappa shape index (κ1) is 16.7. The second-order valence-corrected chi connectivity index (χ2v) is 7.13. The van der Waals surface area contributed by atoms with Crippen LogP contribution in [0.15, 0.2) is 12.1 Å². The van der Waals surface area contributed by atoms with Crippen molar-refractivity contribution in [1.29, 1.82) is 0 Å². The first-order valence-corrected chi connectivity index (χ1v) is 8.45. The lowest BCUT2D eigenvalue weighted by Crippen LogP contribution is -2.38. The zero-order valence-electron chi connectivity index (χ0n) is 14.0. The number of nitrogens with zero attached hydrogens (tertiary/aromatic N) is 1. The number of hydrogen-bond donors (Lipinski definition) is 1. The molecule has 1 spiro atoms. The van der Waals surface area contributed by atoms with Crippen LogP contribution in [0.25, 0.3) is 0 Å². The van der Waals surface area contributed by atoms with Gasteiger partial charge in [-0.2, -0.15) is 8.78 Å². The number of alkyl halides is 2. The van der Waals surface area contributed by atoms with Crippen LogP contribution in [-0.4, -0.2) is 37.7 Å². The minimum atomic E-state index is -2.77. The molecule has 0 radical (unpaired) electrons. The monoisotopic (exact) mass is 324 g/mol. The molecule has 0 amide bonds. The maximum atomic E-state index is 12.7. The van der Waals surface area contributed by atoms with Crippen molar-refractivity contribution in [2.24, 2.45) is 5.41 Å². The van der Waals surface area contributed by atoms with Crippen molar-refractivity contribution in [2.75, 3.05) is 26.2 Å². The van der Waals surface area contributed by atoms with E-state index in [0.717, 1.165) is 42.9 Å². The smallest absolute Gasteiger partial charge is 0.387 e. The third-order valence-electron chi connectivity index (χ3n) is 5.47. The molecular weight excluding hydrogens is 298 g/mol. The van der Waals surface area contributed by atoms with Crippen LogP contribution in [0.5, 0.6) is 5.75 Å². The van der Waals surface area contributed by atoms with Crippen molar-refractivity contribution >= 4 is 0 Å². The zero-order valence-corrected chi connectivity index (χ0v) is 14.0. The predicted octanol–water partition coefficient (Wildman–Crippen LogP) is 3.48. The quantitative estimate of drug-likeness (QED) is 0.918. The Kier molecular flexibility index (Phi) is 4.87. The standard InChI is InChI=1S/C18H26F2N2O/c1-13-9-15(16(10-14(13)2)23-17(19)20)11-22-8-5-18(12-22)3-6-21-7-4-18/h9-10,17,21H,3-8,11-12H2,1-2H3. The van der Waals surface area contributed by atoms with Gasteiger partial charge in [-0.05, 0) is 75.4 Å². The van der Waals surface area contributed by atoms with E-state index in [1.54, 1.807) is 6.07 Å². The van der Waals surface area contributed by atoms with Crippen LogP contribution in [0.2, 0.25) is 0 Å². The number of hydrogen-bond acceptors (Lipinski definition) is 3. The molecule has 3 nitrogen and oxygen atoms in total. The Bertz CT molecular complexity index is 556. The van der Waals surface area contributed by atoms with Gasteiger partial charge < -0.3 is 10.1 Å². The molecule has 2 saturated heterocycles. The van der Waals surface area contributed by atoms with E-state index in [0.29, 0.717) is 17.7 Å². The van der Waals surface area contributed by atoms with Crippen molar-refractivity contribution in [3.8, 4) is 5.75 Å². The number of nitrogens with one attached hydrogen (secondary N) is 1.